The molecular weight excluding hydrogens is 236 g/mol. The van der Waals surface area contributed by atoms with Gasteiger partial charge in [-0.3, -0.25) is 4.79 Å². The fraction of sp³-hybridized carbons (Fsp3) is 0.500. The minimum Gasteiger partial charge on any atom is -0.349 e. The standard InChI is InChI=1S/C16H20N2O/c1-11-4-3-5-15(12(11)2)18-16(19)14-8-6-13(10-17)7-9-14/h6-9,11-12,15H,3-5H2,1-2H3,(H,18,19)/t11-,12+,15-/m1/s1. The molecule has 0 aromatic heterocycles. The average Bonchev–Trinajstić information content (AvgIpc) is 2.44. The van der Waals surface area contributed by atoms with Gasteiger partial charge >= 0.3 is 0 Å². The van der Waals surface area contributed by atoms with E-state index >= 15 is 0 Å². The minimum atomic E-state index is -0.0320. The lowest BCUT2D eigenvalue weighted by molar-refractivity contribution is 0.0891. The summed E-state index contributed by atoms with van der Waals surface area (Å²) in [6, 6.07) is 9.12. The molecule has 3 atom stereocenters. The average molecular weight is 256 g/mol. The van der Waals surface area contributed by atoms with E-state index in [1.165, 1.54) is 12.8 Å². The predicted octanol–water partition coefficient (Wildman–Crippen LogP) is 3.11. The summed E-state index contributed by atoms with van der Waals surface area (Å²) in [6.45, 7) is 4.47. The number of amides is 1. The van der Waals surface area contributed by atoms with Gasteiger partial charge in [0.05, 0.1) is 11.6 Å². The zero-order valence-electron chi connectivity index (χ0n) is 11.5. The maximum absolute atomic E-state index is 12.2. The van der Waals surface area contributed by atoms with Crippen LogP contribution in [-0.2, 0) is 0 Å². The highest BCUT2D eigenvalue weighted by Gasteiger charge is 2.28. The van der Waals surface area contributed by atoms with Crippen molar-refractivity contribution in [3.05, 3.63) is 35.4 Å². The van der Waals surface area contributed by atoms with E-state index in [0.717, 1.165) is 6.42 Å². The van der Waals surface area contributed by atoms with Gasteiger partial charge in [0.2, 0.25) is 0 Å². The van der Waals surface area contributed by atoms with E-state index in [1.54, 1.807) is 24.3 Å². The van der Waals surface area contributed by atoms with Crippen LogP contribution in [0.3, 0.4) is 0 Å². The summed E-state index contributed by atoms with van der Waals surface area (Å²) in [4.78, 5) is 12.2. The Bertz CT molecular complexity index is 486. The molecule has 1 fully saturated rings. The van der Waals surface area contributed by atoms with E-state index in [0.29, 0.717) is 23.0 Å². The molecule has 1 aromatic carbocycles. The molecule has 0 bridgehead atoms. The molecule has 3 nitrogen and oxygen atoms in total. The molecule has 1 amide bonds. The SMILES string of the molecule is C[C@H]1[C@H](C)CCC[C@H]1NC(=O)c1ccc(C#N)cc1. The van der Waals surface area contributed by atoms with E-state index in [1.807, 2.05) is 0 Å². The molecule has 1 aliphatic rings. The number of rotatable bonds is 2. The highest BCUT2D eigenvalue weighted by atomic mass is 16.1. The molecule has 1 saturated carbocycles. The number of nitrogens with zero attached hydrogens (tertiary/aromatic N) is 1. The molecule has 0 aliphatic heterocycles. The Morgan fingerprint density at radius 2 is 1.95 bits per heavy atom. The largest absolute Gasteiger partial charge is 0.349 e. The quantitative estimate of drug-likeness (QED) is 0.884. The first-order valence-corrected chi connectivity index (χ1v) is 6.93. The lowest BCUT2D eigenvalue weighted by Crippen LogP contribution is -2.43. The first-order chi connectivity index (χ1) is 9.11. The highest BCUT2D eigenvalue weighted by molar-refractivity contribution is 5.94. The lowest BCUT2D eigenvalue weighted by Gasteiger charge is -2.34. The van der Waals surface area contributed by atoms with Crippen molar-refractivity contribution in [1.82, 2.24) is 5.32 Å². The van der Waals surface area contributed by atoms with Gasteiger partial charge in [-0.25, -0.2) is 0 Å². The molecule has 19 heavy (non-hydrogen) atoms. The lowest BCUT2D eigenvalue weighted by atomic mass is 9.78. The summed E-state index contributed by atoms with van der Waals surface area (Å²) in [7, 11) is 0. The van der Waals surface area contributed by atoms with Crippen LogP contribution >= 0.6 is 0 Å². The van der Waals surface area contributed by atoms with Crippen molar-refractivity contribution < 1.29 is 4.79 Å². The first kappa shape index (κ1) is 13.6. The van der Waals surface area contributed by atoms with Gasteiger partial charge in [-0.1, -0.05) is 26.7 Å². The van der Waals surface area contributed by atoms with Crippen LogP contribution in [0.4, 0.5) is 0 Å². The number of hydrogen-bond donors (Lipinski definition) is 1. The molecule has 3 heteroatoms. The second-order valence-electron chi connectivity index (χ2n) is 5.54. The monoisotopic (exact) mass is 256 g/mol. The Morgan fingerprint density at radius 1 is 1.26 bits per heavy atom. The molecule has 0 unspecified atom stereocenters. The third-order valence-corrected chi connectivity index (χ3v) is 4.30. The summed E-state index contributed by atoms with van der Waals surface area (Å²) >= 11 is 0. The van der Waals surface area contributed by atoms with Crippen LogP contribution < -0.4 is 5.32 Å². The summed E-state index contributed by atoms with van der Waals surface area (Å²) < 4.78 is 0. The van der Waals surface area contributed by atoms with E-state index in [4.69, 9.17) is 5.26 Å². The van der Waals surface area contributed by atoms with Gasteiger partial charge in [0, 0.05) is 11.6 Å². The molecule has 1 aliphatic carbocycles. The van der Waals surface area contributed by atoms with Crippen LogP contribution in [0.25, 0.3) is 0 Å². The van der Waals surface area contributed by atoms with E-state index in [-0.39, 0.29) is 11.9 Å². The van der Waals surface area contributed by atoms with Crippen LogP contribution in [-0.4, -0.2) is 11.9 Å². The Morgan fingerprint density at radius 3 is 2.58 bits per heavy atom. The second-order valence-corrected chi connectivity index (χ2v) is 5.54. The van der Waals surface area contributed by atoms with Gasteiger partial charge in [-0.15, -0.1) is 0 Å². The first-order valence-electron chi connectivity index (χ1n) is 6.93. The third kappa shape index (κ3) is 3.14. The molecule has 0 saturated heterocycles. The van der Waals surface area contributed by atoms with Gasteiger partial charge in [0.15, 0.2) is 0 Å². The van der Waals surface area contributed by atoms with Crippen molar-refractivity contribution in [3.63, 3.8) is 0 Å². The molecule has 0 heterocycles. The van der Waals surface area contributed by atoms with Gasteiger partial charge in [0.1, 0.15) is 0 Å². The molecule has 1 aromatic rings. The van der Waals surface area contributed by atoms with Gasteiger partial charge in [0.25, 0.3) is 5.91 Å². The maximum Gasteiger partial charge on any atom is 0.251 e. The van der Waals surface area contributed by atoms with Crippen LogP contribution in [0.15, 0.2) is 24.3 Å². The van der Waals surface area contributed by atoms with Crippen molar-refractivity contribution in [3.8, 4) is 6.07 Å². The maximum atomic E-state index is 12.2. The minimum absolute atomic E-state index is 0.0320. The Balaban J connectivity index is 2.02. The third-order valence-electron chi connectivity index (χ3n) is 4.30. The van der Waals surface area contributed by atoms with Crippen LogP contribution in [0, 0.1) is 23.2 Å². The number of benzene rings is 1. The van der Waals surface area contributed by atoms with E-state index in [9.17, 15) is 4.79 Å². The van der Waals surface area contributed by atoms with Crippen molar-refractivity contribution in [2.24, 2.45) is 11.8 Å². The molecule has 0 radical (unpaired) electrons. The van der Waals surface area contributed by atoms with E-state index in [2.05, 4.69) is 25.2 Å². The number of carbonyl (C=O) groups is 1. The summed E-state index contributed by atoms with van der Waals surface area (Å²) in [5.74, 6) is 1.16. The molecular formula is C16H20N2O. The van der Waals surface area contributed by atoms with Crippen molar-refractivity contribution in [2.45, 2.75) is 39.2 Å². The smallest absolute Gasteiger partial charge is 0.251 e. The fourth-order valence-electron chi connectivity index (χ4n) is 2.73. The zero-order chi connectivity index (χ0) is 13.8. The molecule has 2 rings (SSSR count). The number of hydrogen-bond acceptors (Lipinski definition) is 2. The molecule has 0 spiro atoms. The number of carbonyl (C=O) groups excluding carboxylic acids is 1. The van der Waals surface area contributed by atoms with E-state index < -0.39 is 0 Å². The summed E-state index contributed by atoms with van der Waals surface area (Å²) in [5, 5.41) is 11.9. The predicted molar refractivity (Wildman–Crippen MR) is 74.6 cm³/mol. The second kappa shape index (κ2) is 5.88. The summed E-state index contributed by atoms with van der Waals surface area (Å²) in [6.07, 6.45) is 3.50. The van der Waals surface area contributed by atoms with Crippen LogP contribution in [0.2, 0.25) is 0 Å². The topological polar surface area (TPSA) is 52.9 Å². The highest BCUT2D eigenvalue weighted by Crippen LogP contribution is 2.29. The van der Waals surface area contributed by atoms with Crippen LogP contribution in [0.5, 0.6) is 0 Å². The summed E-state index contributed by atoms with van der Waals surface area (Å²) in [5.41, 5.74) is 1.21. The van der Waals surface area contributed by atoms with Crippen LogP contribution in [0.1, 0.15) is 49.0 Å². The zero-order valence-corrected chi connectivity index (χ0v) is 11.5. The Hall–Kier alpha value is -1.82. The fourth-order valence-corrected chi connectivity index (χ4v) is 2.73. The Labute approximate surface area is 114 Å². The molecule has 1 N–H and O–H groups in total. The van der Waals surface area contributed by atoms with Gasteiger partial charge in [-0.05, 0) is 42.5 Å². The van der Waals surface area contributed by atoms with Gasteiger partial charge < -0.3 is 5.32 Å². The number of nitrogens with one attached hydrogen (secondary N) is 1. The van der Waals surface area contributed by atoms with Crippen molar-refractivity contribution >= 4 is 5.91 Å². The van der Waals surface area contributed by atoms with Gasteiger partial charge in [-0.2, -0.15) is 5.26 Å². The Kier molecular flexibility index (Phi) is 4.21. The van der Waals surface area contributed by atoms with Crippen molar-refractivity contribution in [1.29, 1.82) is 5.26 Å². The number of nitriles is 1. The van der Waals surface area contributed by atoms with Crippen molar-refractivity contribution in [2.75, 3.05) is 0 Å². The normalized spacial score (nSPS) is 26.5. The molecule has 100 valence electrons.